The molecule has 1 fully saturated rings. The number of piperazine rings is 1. The molecule has 0 atom stereocenters. The van der Waals surface area contributed by atoms with Gasteiger partial charge in [-0.1, -0.05) is 12.1 Å². The van der Waals surface area contributed by atoms with E-state index in [0.717, 1.165) is 48.8 Å². The third-order valence-corrected chi connectivity index (χ3v) is 4.35. The summed E-state index contributed by atoms with van der Waals surface area (Å²) in [6.45, 7) is 7.85. The van der Waals surface area contributed by atoms with Crippen molar-refractivity contribution >= 4 is 17.4 Å². The number of amides is 1. The molecule has 1 aliphatic rings. The molecule has 0 bridgehead atoms. The summed E-state index contributed by atoms with van der Waals surface area (Å²) in [5, 5.41) is 11.2. The van der Waals surface area contributed by atoms with Crippen LogP contribution in [0.25, 0.3) is 0 Å². The summed E-state index contributed by atoms with van der Waals surface area (Å²) in [5.41, 5.74) is 3.27. The fourth-order valence-electron chi connectivity index (χ4n) is 2.71. The third kappa shape index (κ3) is 3.71. The Bertz CT molecular complexity index is 721. The van der Waals surface area contributed by atoms with Crippen molar-refractivity contribution in [3.63, 3.8) is 0 Å². The standard InChI is InChI=1S/C18H23N5O/c1-13-4-5-14(2)16(12-13)19-18(24)15-6-7-17(21-20-15)23-10-8-22(3)9-11-23/h4-7,12H,8-11H2,1-3H3,(H,19,24). The monoisotopic (exact) mass is 325 g/mol. The zero-order valence-electron chi connectivity index (χ0n) is 14.4. The lowest BCUT2D eigenvalue weighted by Crippen LogP contribution is -2.44. The molecule has 0 unspecified atom stereocenters. The minimum atomic E-state index is -0.235. The van der Waals surface area contributed by atoms with Crippen LogP contribution in [0.15, 0.2) is 30.3 Å². The molecule has 6 nitrogen and oxygen atoms in total. The van der Waals surface area contributed by atoms with E-state index in [9.17, 15) is 4.79 Å². The van der Waals surface area contributed by atoms with Crippen molar-refractivity contribution in [2.24, 2.45) is 0 Å². The van der Waals surface area contributed by atoms with Gasteiger partial charge in [-0.25, -0.2) is 0 Å². The molecule has 0 saturated carbocycles. The zero-order chi connectivity index (χ0) is 17.1. The van der Waals surface area contributed by atoms with Gasteiger partial charge >= 0.3 is 0 Å². The fraction of sp³-hybridized carbons (Fsp3) is 0.389. The highest BCUT2D eigenvalue weighted by Gasteiger charge is 2.17. The van der Waals surface area contributed by atoms with Crippen LogP contribution < -0.4 is 10.2 Å². The van der Waals surface area contributed by atoms with Crippen molar-refractivity contribution in [2.75, 3.05) is 43.4 Å². The number of likely N-dealkylation sites (N-methyl/N-ethyl adjacent to an activating group) is 1. The molecule has 0 spiro atoms. The molecule has 1 saturated heterocycles. The molecule has 2 heterocycles. The first-order valence-electron chi connectivity index (χ1n) is 8.19. The lowest BCUT2D eigenvalue weighted by Gasteiger charge is -2.32. The summed E-state index contributed by atoms with van der Waals surface area (Å²) in [6.07, 6.45) is 0. The van der Waals surface area contributed by atoms with Gasteiger partial charge < -0.3 is 15.1 Å². The Balaban J connectivity index is 1.68. The maximum Gasteiger partial charge on any atom is 0.276 e. The van der Waals surface area contributed by atoms with E-state index in [2.05, 4.69) is 32.4 Å². The molecule has 1 N–H and O–H groups in total. The number of nitrogens with one attached hydrogen (secondary N) is 1. The van der Waals surface area contributed by atoms with Crippen molar-refractivity contribution in [1.29, 1.82) is 0 Å². The molecule has 6 heteroatoms. The number of carbonyl (C=O) groups is 1. The van der Waals surface area contributed by atoms with Gasteiger partial charge in [0.15, 0.2) is 11.5 Å². The van der Waals surface area contributed by atoms with E-state index in [-0.39, 0.29) is 5.91 Å². The molecule has 126 valence electrons. The number of aromatic nitrogens is 2. The lowest BCUT2D eigenvalue weighted by molar-refractivity contribution is 0.102. The highest BCUT2D eigenvalue weighted by molar-refractivity contribution is 6.03. The number of benzene rings is 1. The third-order valence-electron chi connectivity index (χ3n) is 4.35. The minimum Gasteiger partial charge on any atom is -0.353 e. The molecule has 3 rings (SSSR count). The van der Waals surface area contributed by atoms with E-state index in [1.807, 2.05) is 38.1 Å². The van der Waals surface area contributed by atoms with Gasteiger partial charge in [0.2, 0.25) is 0 Å². The van der Waals surface area contributed by atoms with E-state index in [0.29, 0.717) is 5.69 Å². The molecule has 1 aromatic heterocycles. The fourth-order valence-corrected chi connectivity index (χ4v) is 2.71. The second kappa shape index (κ2) is 6.97. The van der Waals surface area contributed by atoms with Crippen molar-refractivity contribution in [3.05, 3.63) is 47.2 Å². The SMILES string of the molecule is Cc1ccc(C)c(NC(=O)c2ccc(N3CCN(C)CC3)nn2)c1. The summed E-state index contributed by atoms with van der Waals surface area (Å²) < 4.78 is 0. The molecule has 2 aromatic rings. The number of rotatable bonds is 3. The van der Waals surface area contributed by atoms with E-state index >= 15 is 0 Å². The lowest BCUT2D eigenvalue weighted by atomic mass is 10.1. The van der Waals surface area contributed by atoms with Crippen molar-refractivity contribution < 1.29 is 4.79 Å². The van der Waals surface area contributed by atoms with Crippen LogP contribution in [0.2, 0.25) is 0 Å². The summed E-state index contributed by atoms with van der Waals surface area (Å²) in [5.74, 6) is 0.590. The topological polar surface area (TPSA) is 61.4 Å². The Morgan fingerprint density at radius 3 is 2.46 bits per heavy atom. The van der Waals surface area contributed by atoms with E-state index in [1.54, 1.807) is 6.07 Å². The summed E-state index contributed by atoms with van der Waals surface area (Å²) in [7, 11) is 2.11. The Labute approximate surface area is 142 Å². The highest BCUT2D eigenvalue weighted by Crippen LogP contribution is 2.18. The van der Waals surface area contributed by atoms with Crippen molar-refractivity contribution in [2.45, 2.75) is 13.8 Å². The van der Waals surface area contributed by atoms with E-state index in [4.69, 9.17) is 0 Å². The van der Waals surface area contributed by atoms with Crippen LogP contribution >= 0.6 is 0 Å². The first-order chi connectivity index (χ1) is 11.5. The van der Waals surface area contributed by atoms with Gasteiger partial charge in [-0.15, -0.1) is 10.2 Å². The van der Waals surface area contributed by atoms with Gasteiger partial charge in [0.25, 0.3) is 5.91 Å². The largest absolute Gasteiger partial charge is 0.353 e. The quantitative estimate of drug-likeness (QED) is 0.936. The van der Waals surface area contributed by atoms with Gasteiger partial charge in [0.05, 0.1) is 0 Å². The van der Waals surface area contributed by atoms with Gasteiger partial charge in [0.1, 0.15) is 0 Å². The molecule has 1 aliphatic heterocycles. The summed E-state index contributed by atoms with van der Waals surface area (Å²) in [4.78, 5) is 16.9. The van der Waals surface area contributed by atoms with Crippen molar-refractivity contribution in [1.82, 2.24) is 15.1 Å². The zero-order valence-corrected chi connectivity index (χ0v) is 14.4. The molecule has 0 radical (unpaired) electrons. The van der Waals surface area contributed by atoms with Crippen LogP contribution in [-0.4, -0.2) is 54.2 Å². The van der Waals surface area contributed by atoms with Gasteiger partial charge in [0, 0.05) is 31.9 Å². The Hall–Kier alpha value is -2.47. The average molecular weight is 325 g/mol. The van der Waals surface area contributed by atoms with Crippen LogP contribution in [0.3, 0.4) is 0 Å². The summed E-state index contributed by atoms with van der Waals surface area (Å²) in [6, 6.07) is 9.58. The van der Waals surface area contributed by atoms with E-state index < -0.39 is 0 Å². The first kappa shape index (κ1) is 16.4. The van der Waals surface area contributed by atoms with Gasteiger partial charge in [-0.2, -0.15) is 0 Å². The van der Waals surface area contributed by atoms with Crippen LogP contribution in [0.1, 0.15) is 21.6 Å². The number of hydrogen-bond donors (Lipinski definition) is 1. The normalized spacial score (nSPS) is 15.4. The van der Waals surface area contributed by atoms with Crippen LogP contribution in [0.5, 0.6) is 0 Å². The van der Waals surface area contributed by atoms with Crippen LogP contribution in [0.4, 0.5) is 11.5 Å². The predicted octanol–water partition coefficient (Wildman–Crippen LogP) is 2.10. The molecular formula is C18H23N5O. The molecule has 1 amide bonds. The van der Waals surface area contributed by atoms with E-state index in [1.165, 1.54) is 0 Å². The predicted molar refractivity (Wildman–Crippen MR) is 95.6 cm³/mol. The number of nitrogens with zero attached hydrogens (tertiary/aromatic N) is 4. The van der Waals surface area contributed by atoms with Crippen LogP contribution in [0, 0.1) is 13.8 Å². The Kier molecular flexibility index (Phi) is 4.76. The number of hydrogen-bond acceptors (Lipinski definition) is 5. The maximum absolute atomic E-state index is 12.4. The minimum absolute atomic E-state index is 0.235. The summed E-state index contributed by atoms with van der Waals surface area (Å²) >= 11 is 0. The number of anilines is 2. The Morgan fingerprint density at radius 2 is 1.79 bits per heavy atom. The second-order valence-corrected chi connectivity index (χ2v) is 6.34. The van der Waals surface area contributed by atoms with Gasteiger partial charge in [-0.05, 0) is 50.2 Å². The molecule has 0 aliphatic carbocycles. The smallest absolute Gasteiger partial charge is 0.276 e. The van der Waals surface area contributed by atoms with Crippen molar-refractivity contribution in [3.8, 4) is 0 Å². The molecule has 1 aromatic carbocycles. The van der Waals surface area contributed by atoms with Crippen LogP contribution in [-0.2, 0) is 0 Å². The molecule has 24 heavy (non-hydrogen) atoms. The highest BCUT2D eigenvalue weighted by atomic mass is 16.1. The molecular weight excluding hydrogens is 302 g/mol. The Morgan fingerprint density at radius 1 is 1.04 bits per heavy atom. The van der Waals surface area contributed by atoms with Gasteiger partial charge in [-0.3, -0.25) is 4.79 Å². The maximum atomic E-state index is 12.4. The number of carbonyl (C=O) groups excluding carboxylic acids is 1. The average Bonchev–Trinajstić information content (AvgIpc) is 2.59. The number of aryl methyl sites for hydroxylation is 2. The second-order valence-electron chi connectivity index (χ2n) is 6.34. The first-order valence-corrected chi connectivity index (χ1v) is 8.19.